The van der Waals surface area contributed by atoms with Crippen molar-refractivity contribution in [3.63, 3.8) is 0 Å². The maximum Gasteiger partial charge on any atom is 0.242 e. The highest BCUT2D eigenvalue weighted by Crippen LogP contribution is 2.39. The monoisotopic (exact) mass is 489 g/mol. The molecule has 182 valence electrons. The average Bonchev–Trinajstić information content (AvgIpc) is 3.01. The Hall–Kier alpha value is -4.95. The second-order valence-corrected chi connectivity index (χ2v) is 9.28. The second kappa shape index (κ2) is 11.0. The average molecular weight is 490 g/mol. The summed E-state index contributed by atoms with van der Waals surface area (Å²) in [4.78, 5) is 0. The summed E-state index contributed by atoms with van der Waals surface area (Å²) < 4.78 is 2.39. The summed E-state index contributed by atoms with van der Waals surface area (Å²) in [6, 6.07) is 55.6. The van der Waals surface area contributed by atoms with E-state index in [9.17, 15) is 0 Å². The third-order valence-corrected chi connectivity index (χ3v) is 6.78. The van der Waals surface area contributed by atoms with Gasteiger partial charge in [-0.1, -0.05) is 115 Å². The molecule has 5 aromatic carbocycles. The number of hydrogen-bond donors (Lipinski definition) is 1. The van der Waals surface area contributed by atoms with E-state index in [4.69, 9.17) is 0 Å². The maximum atomic E-state index is 3.86. The highest BCUT2D eigenvalue weighted by Gasteiger charge is 2.30. The lowest BCUT2D eigenvalue weighted by Gasteiger charge is -2.19. The standard InChI is InChI=1S/C36H29N2/c1-6-16-28(17-7-1)27-37-35-33(29-18-8-2-9-19-29)26-34(30-20-10-3-11-21-30)38(32-24-14-5-15-25-32)36(35)31-22-12-4-13-23-31/h1-26,37H,27H2/q+1. The molecule has 0 radical (unpaired) electrons. The van der Waals surface area contributed by atoms with E-state index in [1.807, 2.05) is 0 Å². The van der Waals surface area contributed by atoms with Gasteiger partial charge in [0, 0.05) is 41.4 Å². The van der Waals surface area contributed by atoms with Crippen LogP contribution >= 0.6 is 0 Å². The van der Waals surface area contributed by atoms with Gasteiger partial charge in [-0.25, -0.2) is 0 Å². The normalized spacial score (nSPS) is 10.7. The SMILES string of the molecule is c1ccc(CNc2c(-c3ccccc3)cc(-c3ccccc3)[n+](-c3ccccc3)c2-c2ccccc2)cc1. The van der Waals surface area contributed by atoms with E-state index in [-0.39, 0.29) is 0 Å². The van der Waals surface area contributed by atoms with Gasteiger partial charge in [-0.2, -0.15) is 4.57 Å². The van der Waals surface area contributed by atoms with Crippen LogP contribution in [-0.2, 0) is 6.54 Å². The van der Waals surface area contributed by atoms with Gasteiger partial charge in [0.1, 0.15) is 5.69 Å². The molecule has 0 aliphatic carbocycles. The number of nitrogens with zero attached hydrogens (tertiary/aromatic N) is 1. The Bertz CT molecular complexity index is 1610. The Kier molecular flexibility index (Phi) is 6.78. The predicted octanol–water partition coefficient (Wildman–Crippen LogP) is 8.58. The molecule has 0 bridgehead atoms. The molecule has 1 heterocycles. The first-order chi connectivity index (χ1) is 18.9. The zero-order valence-corrected chi connectivity index (χ0v) is 21.2. The van der Waals surface area contributed by atoms with E-state index in [0.717, 1.165) is 34.9 Å². The summed E-state index contributed by atoms with van der Waals surface area (Å²) >= 11 is 0. The minimum absolute atomic E-state index is 0.722. The fourth-order valence-electron chi connectivity index (χ4n) is 4.98. The van der Waals surface area contributed by atoms with Crippen molar-refractivity contribution < 1.29 is 4.57 Å². The Balaban J connectivity index is 1.71. The zero-order chi connectivity index (χ0) is 25.6. The molecule has 0 saturated heterocycles. The van der Waals surface area contributed by atoms with Crippen molar-refractivity contribution in [3.05, 3.63) is 163 Å². The van der Waals surface area contributed by atoms with Gasteiger partial charge < -0.3 is 5.32 Å². The molecule has 0 fully saturated rings. The van der Waals surface area contributed by atoms with Gasteiger partial charge in [0.15, 0.2) is 0 Å². The number of para-hydroxylation sites is 1. The van der Waals surface area contributed by atoms with Crippen LogP contribution < -0.4 is 9.88 Å². The van der Waals surface area contributed by atoms with Gasteiger partial charge in [-0.05, 0) is 35.4 Å². The third kappa shape index (κ3) is 4.85. The maximum absolute atomic E-state index is 3.86. The fourth-order valence-corrected chi connectivity index (χ4v) is 4.98. The van der Waals surface area contributed by atoms with Crippen LogP contribution in [0.15, 0.2) is 158 Å². The van der Waals surface area contributed by atoms with Crippen molar-refractivity contribution in [1.82, 2.24) is 0 Å². The first kappa shape index (κ1) is 23.4. The van der Waals surface area contributed by atoms with Crippen LogP contribution in [0, 0.1) is 0 Å². The lowest BCUT2D eigenvalue weighted by molar-refractivity contribution is -0.571. The number of anilines is 1. The van der Waals surface area contributed by atoms with Crippen LogP contribution in [0.4, 0.5) is 5.69 Å². The summed E-state index contributed by atoms with van der Waals surface area (Å²) in [6.07, 6.45) is 0. The predicted molar refractivity (Wildman–Crippen MR) is 158 cm³/mol. The van der Waals surface area contributed by atoms with E-state index < -0.39 is 0 Å². The van der Waals surface area contributed by atoms with Gasteiger partial charge in [0.2, 0.25) is 17.1 Å². The lowest BCUT2D eigenvalue weighted by Crippen LogP contribution is -2.37. The van der Waals surface area contributed by atoms with E-state index in [1.165, 1.54) is 22.3 Å². The number of pyridine rings is 1. The van der Waals surface area contributed by atoms with Crippen LogP contribution in [0.1, 0.15) is 5.56 Å². The van der Waals surface area contributed by atoms with Crippen LogP contribution in [-0.4, -0.2) is 0 Å². The largest absolute Gasteiger partial charge is 0.375 e. The molecule has 2 heteroatoms. The molecule has 38 heavy (non-hydrogen) atoms. The van der Waals surface area contributed by atoms with Crippen LogP contribution in [0.3, 0.4) is 0 Å². The molecule has 0 atom stereocenters. The summed E-state index contributed by atoms with van der Waals surface area (Å²) in [6.45, 7) is 0.722. The smallest absolute Gasteiger partial charge is 0.242 e. The van der Waals surface area contributed by atoms with E-state index in [2.05, 4.69) is 168 Å². The highest BCUT2D eigenvalue weighted by molar-refractivity contribution is 5.89. The fraction of sp³-hybridized carbons (Fsp3) is 0.0278. The Morgan fingerprint density at radius 2 is 0.947 bits per heavy atom. The number of rotatable bonds is 7. The molecule has 0 aliphatic rings. The molecule has 0 saturated carbocycles. The molecule has 0 aliphatic heterocycles. The van der Waals surface area contributed by atoms with Crippen molar-refractivity contribution in [2.45, 2.75) is 6.54 Å². The molecule has 1 N–H and O–H groups in total. The molecular formula is C36H29N2+. The Morgan fingerprint density at radius 3 is 1.53 bits per heavy atom. The minimum Gasteiger partial charge on any atom is -0.375 e. The van der Waals surface area contributed by atoms with E-state index in [0.29, 0.717) is 0 Å². The zero-order valence-electron chi connectivity index (χ0n) is 21.2. The van der Waals surface area contributed by atoms with E-state index >= 15 is 0 Å². The van der Waals surface area contributed by atoms with Gasteiger partial charge in [0.05, 0.1) is 0 Å². The van der Waals surface area contributed by atoms with Crippen molar-refractivity contribution in [2.75, 3.05) is 5.32 Å². The highest BCUT2D eigenvalue weighted by atomic mass is 15.0. The molecular weight excluding hydrogens is 460 g/mol. The minimum atomic E-state index is 0.722. The van der Waals surface area contributed by atoms with Crippen LogP contribution in [0.5, 0.6) is 0 Å². The van der Waals surface area contributed by atoms with Crippen LogP contribution in [0.25, 0.3) is 39.3 Å². The van der Waals surface area contributed by atoms with Gasteiger partial charge >= 0.3 is 0 Å². The number of aromatic nitrogens is 1. The summed E-state index contributed by atoms with van der Waals surface area (Å²) in [5, 5.41) is 3.86. The Labute approximate surface area is 224 Å². The first-order valence-electron chi connectivity index (χ1n) is 13.0. The van der Waals surface area contributed by atoms with Crippen molar-refractivity contribution in [2.24, 2.45) is 0 Å². The summed E-state index contributed by atoms with van der Waals surface area (Å²) in [7, 11) is 0. The summed E-state index contributed by atoms with van der Waals surface area (Å²) in [5.41, 5.74) is 10.4. The Morgan fingerprint density at radius 1 is 0.474 bits per heavy atom. The first-order valence-corrected chi connectivity index (χ1v) is 13.0. The molecule has 6 aromatic rings. The van der Waals surface area contributed by atoms with Crippen molar-refractivity contribution in [1.29, 1.82) is 0 Å². The number of hydrogen-bond acceptors (Lipinski definition) is 1. The van der Waals surface area contributed by atoms with Crippen molar-refractivity contribution >= 4 is 5.69 Å². The van der Waals surface area contributed by atoms with Gasteiger partial charge in [-0.15, -0.1) is 0 Å². The second-order valence-electron chi connectivity index (χ2n) is 9.28. The topological polar surface area (TPSA) is 15.9 Å². The van der Waals surface area contributed by atoms with E-state index in [1.54, 1.807) is 0 Å². The number of benzene rings is 5. The quantitative estimate of drug-likeness (QED) is 0.222. The molecule has 0 unspecified atom stereocenters. The molecule has 0 amide bonds. The molecule has 2 nitrogen and oxygen atoms in total. The third-order valence-electron chi connectivity index (χ3n) is 6.78. The number of nitrogens with one attached hydrogen (secondary N) is 1. The lowest BCUT2D eigenvalue weighted by atomic mass is 9.95. The van der Waals surface area contributed by atoms with Crippen molar-refractivity contribution in [3.8, 4) is 39.3 Å². The molecule has 0 spiro atoms. The van der Waals surface area contributed by atoms with Gasteiger partial charge in [-0.3, -0.25) is 0 Å². The molecule has 1 aromatic heterocycles. The molecule has 6 rings (SSSR count). The van der Waals surface area contributed by atoms with Crippen LogP contribution in [0.2, 0.25) is 0 Å². The summed E-state index contributed by atoms with van der Waals surface area (Å²) in [5.74, 6) is 0. The van der Waals surface area contributed by atoms with Gasteiger partial charge in [0.25, 0.3) is 0 Å².